The van der Waals surface area contributed by atoms with Gasteiger partial charge in [-0.2, -0.15) is 0 Å². The number of hydrogen-bond donors (Lipinski definition) is 4. The van der Waals surface area contributed by atoms with E-state index in [-0.39, 0.29) is 28.9 Å². The molecule has 37 heavy (non-hydrogen) atoms. The number of nitrogen functional groups attached to an aromatic ring is 1. The molecule has 2 aromatic carbocycles. The molecular formula is C24H24N8O5. The maximum Gasteiger partial charge on any atom is 0.350 e. The molecule has 0 aliphatic carbocycles. The minimum absolute atomic E-state index is 0.0899. The van der Waals surface area contributed by atoms with Crippen LogP contribution < -0.4 is 31.0 Å². The molecule has 190 valence electrons. The fraction of sp³-hybridized carbons (Fsp3) is 0.167. The zero-order valence-corrected chi connectivity index (χ0v) is 20.2. The van der Waals surface area contributed by atoms with E-state index in [9.17, 15) is 9.59 Å². The Bertz CT molecular complexity index is 1480. The largest absolute Gasteiger partial charge is 0.497 e. The van der Waals surface area contributed by atoms with Crippen LogP contribution in [0.2, 0.25) is 0 Å². The second kappa shape index (κ2) is 10.6. The van der Waals surface area contributed by atoms with Crippen LogP contribution in [0.1, 0.15) is 29.9 Å². The molecule has 0 radical (unpaired) electrons. The van der Waals surface area contributed by atoms with Crippen LogP contribution in [0, 0.1) is 5.41 Å². The number of carbonyl (C=O) groups is 1. The number of anilines is 1. The molecule has 0 aliphatic heterocycles. The first kappa shape index (κ1) is 24.9. The average Bonchev–Trinajstić information content (AvgIpc) is 3.28. The molecule has 0 aliphatic rings. The highest BCUT2D eigenvalue weighted by molar-refractivity contribution is 6.01. The lowest BCUT2D eigenvalue weighted by molar-refractivity contribution is -0.131. The number of H-pyrrole nitrogens is 1. The number of methoxy groups -OCH3 is 2. The van der Waals surface area contributed by atoms with Crippen molar-refractivity contribution in [3.63, 3.8) is 0 Å². The maximum atomic E-state index is 12.8. The molecule has 2 heterocycles. The van der Waals surface area contributed by atoms with E-state index in [1.807, 2.05) is 0 Å². The number of nitrogens with one attached hydrogen (secondary N) is 3. The summed E-state index contributed by atoms with van der Waals surface area (Å²) in [5.41, 5.74) is 6.58. The molecule has 0 bridgehead atoms. The summed E-state index contributed by atoms with van der Waals surface area (Å²) >= 11 is 0. The molecule has 0 fully saturated rings. The van der Waals surface area contributed by atoms with Gasteiger partial charge in [0.25, 0.3) is 5.95 Å². The first-order valence-electron chi connectivity index (χ1n) is 10.9. The number of ether oxygens (including phenoxy) is 3. The number of aromatic nitrogens is 5. The first-order valence-corrected chi connectivity index (χ1v) is 10.9. The molecule has 1 atom stereocenters. The topological polar surface area (TPSA) is 183 Å². The predicted octanol–water partition coefficient (Wildman–Crippen LogP) is 1.78. The van der Waals surface area contributed by atoms with E-state index in [1.165, 1.54) is 39.6 Å². The quantitative estimate of drug-likeness (QED) is 0.113. The van der Waals surface area contributed by atoms with Crippen LogP contribution in [0.5, 0.6) is 17.2 Å². The number of nitrogens with two attached hydrogens (primary N) is 1. The number of hydrogen-bond acceptors (Lipinski definition) is 10. The Hall–Kier alpha value is -5.20. The summed E-state index contributed by atoms with van der Waals surface area (Å²) in [5.74, 6) is 0.760. The van der Waals surface area contributed by atoms with Crippen LogP contribution >= 0.6 is 0 Å². The van der Waals surface area contributed by atoms with Crippen molar-refractivity contribution < 1.29 is 19.0 Å². The van der Waals surface area contributed by atoms with Gasteiger partial charge in [-0.25, -0.2) is 14.8 Å². The molecule has 1 unspecified atom stereocenters. The summed E-state index contributed by atoms with van der Waals surface area (Å²) in [4.78, 5) is 35.1. The lowest BCUT2D eigenvalue weighted by atomic mass is 10.0. The van der Waals surface area contributed by atoms with E-state index in [0.29, 0.717) is 22.7 Å². The van der Waals surface area contributed by atoms with Crippen molar-refractivity contribution in [1.29, 1.82) is 5.41 Å². The molecule has 5 N–H and O–H groups in total. The van der Waals surface area contributed by atoms with Gasteiger partial charge in [-0.3, -0.25) is 15.2 Å². The molecule has 0 spiro atoms. The number of nitrogens with zero attached hydrogens (tertiary/aromatic N) is 4. The molecule has 0 amide bonds. The highest BCUT2D eigenvalue weighted by Crippen LogP contribution is 2.33. The Morgan fingerprint density at radius 2 is 1.76 bits per heavy atom. The standard InChI is InChI=1S/C24H24N8O5/c1-13(33)37-15-5-6-19(18(12-15)21(25)26)29-20(14-9-16(35-2)11-17(10-14)36-3)22-30-24(34)32(31-22)23-27-7-4-8-28-23/h4-12,20,29H,1-3H3,(H3,25,26)(H,30,31,34). The summed E-state index contributed by atoms with van der Waals surface area (Å²) in [5, 5.41) is 15.7. The third-order valence-electron chi connectivity index (χ3n) is 5.20. The van der Waals surface area contributed by atoms with Crippen molar-refractivity contribution in [2.75, 3.05) is 19.5 Å². The summed E-state index contributed by atoms with van der Waals surface area (Å²) in [6.07, 6.45) is 2.99. The van der Waals surface area contributed by atoms with Crippen LogP contribution in [0.3, 0.4) is 0 Å². The molecular weight excluding hydrogens is 480 g/mol. The summed E-state index contributed by atoms with van der Waals surface area (Å²) in [7, 11) is 3.04. The van der Waals surface area contributed by atoms with Gasteiger partial charge in [0.1, 0.15) is 29.1 Å². The van der Waals surface area contributed by atoms with Gasteiger partial charge in [0.2, 0.25) is 0 Å². The predicted molar refractivity (Wildman–Crippen MR) is 134 cm³/mol. The second-order valence-corrected chi connectivity index (χ2v) is 7.71. The van der Waals surface area contributed by atoms with Crippen LogP contribution in [-0.2, 0) is 4.79 Å². The lowest BCUT2D eigenvalue weighted by Crippen LogP contribution is -2.20. The van der Waals surface area contributed by atoms with Crippen molar-refractivity contribution in [2.45, 2.75) is 13.0 Å². The third kappa shape index (κ3) is 5.56. The Kier molecular flexibility index (Phi) is 7.14. The van der Waals surface area contributed by atoms with Gasteiger partial charge in [-0.05, 0) is 42.0 Å². The summed E-state index contributed by atoms with van der Waals surface area (Å²) in [6.45, 7) is 1.27. The van der Waals surface area contributed by atoms with Gasteiger partial charge in [0.05, 0.1) is 14.2 Å². The minimum atomic E-state index is -0.778. The fourth-order valence-electron chi connectivity index (χ4n) is 3.57. The number of rotatable bonds is 9. The molecule has 4 rings (SSSR count). The minimum Gasteiger partial charge on any atom is -0.497 e. The SMILES string of the molecule is COc1cc(OC)cc(C(Nc2ccc(OC(C)=O)cc2C(=N)N)c2nn(-c3ncccn3)c(=O)[nH]2)c1. The second-order valence-electron chi connectivity index (χ2n) is 7.71. The Balaban J connectivity index is 1.85. The van der Waals surface area contributed by atoms with Gasteiger partial charge < -0.3 is 25.3 Å². The smallest absolute Gasteiger partial charge is 0.350 e. The van der Waals surface area contributed by atoms with Crippen LogP contribution in [0.25, 0.3) is 5.95 Å². The zero-order valence-electron chi connectivity index (χ0n) is 20.2. The monoisotopic (exact) mass is 504 g/mol. The van der Waals surface area contributed by atoms with Crippen LogP contribution in [-0.4, -0.2) is 50.8 Å². The van der Waals surface area contributed by atoms with E-state index < -0.39 is 17.7 Å². The van der Waals surface area contributed by atoms with Crippen molar-refractivity contribution in [2.24, 2.45) is 5.73 Å². The highest BCUT2D eigenvalue weighted by Gasteiger charge is 2.24. The fourth-order valence-corrected chi connectivity index (χ4v) is 3.57. The summed E-state index contributed by atoms with van der Waals surface area (Å²) < 4.78 is 17.0. The number of benzene rings is 2. The van der Waals surface area contributed by atoms with Crippen LogP contribution in [0.4, 0.5) is 5.69 Å². The highest BCUT2D eigenvalue weighted by atomic mass is 16.5. The molecule has 4 aromatic rings. The van der Waals surface area contributed by atoms with E-state index in [4.69, 9.17) is 25.4 Å². The van der Waals surface area contributed by atoms with Crippen molar-refractivity contribution in [3.8, 4) is 23.2 Å². The normalized spacial score (nSPS) is 11.4. The van der Waals surface area contributed by atoms with Gasteiger partial charge >= 0.3 is 11.7 Å². The van der Waals surface area contributed by atoms with Crippen molar-refractivity contribution in [1.82, 2.24) is 24.7 Å². The van der Waals surface area contributed by atoms with Crippen molar-refractivity contribution in [3.05, 3.63) is 82.3 Å². The Labute approximate surface area is 210 Å². The van der Waals surface area contributed by atoms with Gasteiger partial charge in [0, 0.05) is 36.6 Å². The number of aromatic amines is 1. The first-order chi connectivity index (χ1) is 17.8. The zero-order chi connectivity index (χ0) is 26.5. The van der Waals surface area contributed by atoms with Gasteiger partial charge in [0.15, 0.2) is 5.82 Å². The van der Waals surface area contributed by atoms with E-state index in [2.05, 4.69) is 25.4 Å². The average molecular weight is 505 g/mol. The summed E-state index contributed by atoms with van der Waals surface area (Å²) in [6, 6.07) is 10.7. The number of amidine groups is 1. The Morgan fingerprint density at radius 3 is 2.35 bits per heavy atom. The van der Waals surface area contributed by atoms with E-state index in [0.717, 1.165) is 4.68 Å². The molecule has 13 nitrogen and oxygen atoms in total. The molecule has 0 saturated heterocycles. The van der Waals surface area contributed by atoms with E-state index in [1.54, 1.807) is 36.4 Å². The number of carbonyl (C=O) groups excluding carboxylic acids is 1. The molecule has 2 aromatic heterocycles. The van der Waals surface area contributed by atoms with E-state index >= 15 is 0 Å². The van der Waals surface area contributed by atoms with Crippen molar-refractivity contribution >= 4 is 17.5 Å². The van der Waals surface area contributed by atoms with Gasteiger partial charge in [-0.15, -0.1) is 9.78 Å². The molecule has 0 saturated carbocycles. The third-order valence-corrected chi connectivity index (χ3v) is 5.20. The number of esters is 1. The van der Waals surface area contributed by atoms with Crippen LogP contribution in [0.15, 0.2) is 59.7 Å². The lowest BCUT2D eigenvalue weighted by Gasteiger charge is -2.21. The van der Waals surface area contributed by atoms with Gasteiger partial charge in [-0.1, -0.05) is 0 Å². The maximum absolute atomic E-state index is 12.8. The molecule has 13 heteroatoms. The Morgan fingerprint density at radius 1 is 1.08 bits per heavy atom.